The molecule has 11 heterocycles. The Bertz CT molecular complexity index is 1470. The Kier molecular flexibility index (Phi) is 9.62. The van der Waals surface area contributed by atoms with Gasteiger partial charge in [-0.2, -0.15) is 0 Å². The predicted octanol–water partition coefficient (Wildman–Crippen LogP) is 3.20. The van der Waals surface area contributed by atoms with E-state index in [1.807, 2.05) is 6.92 Å². The van der Waals surface area contributed by atoms with Gasteiger partial charge in [-0.1, -0.05) is 27.0 Å². The zero-order valence-corrected chi connectivity index (χ0v) is 31.5. The molecule has 21 atom stereocenters. The SMILES string of the molecule is C=C1C2C[C@@H]3O[C@H]4C[C@@H](O)[C@@H](CO)O[C@H]4[C@H](C)[C@H]3OC(=O)C[C@H]3CC[C@@H]4O[C@H]5C6O[C@]7(CC[C@H]8CC(=C)[C@H](CC[C@@H](C[C@H]1C)O2)O8)CC6O[C@H]5C(O7)[C@H]4O3. The van der Waals surface area contributed by atoms with E-state index in [9.17, 15) is 15.0 Å². The second kappa shape index (κ2) is 14.1. The summed E-state index contributed by atoms with van der Waals surface area (Å²) in [7, 11) is 0. The fourth-order valence-electron chi connectivity index (χ4n) is 11.7. The smallest absolute Gasteiger partial charge is 0.308 e. The van der Waals surface area contributed by atoms with Gasteiger partial charge in [0.15, 0.2) is 5.79 Å². The predicted molar refractivity (Wildman–Crippen MR) is 188 cm³/mol. The summed E-state index contributed by atoms with van der Waals surface area (Å²) < 4.78 is 66.5. The Labute approximate surface area is 317 Å². The van der Waals surface area contributed by atoms with Crippen LogP contribution in [0.5, 0.6) is 0 Å². The number of esters is 1. The monoisotopic (exact) mass is 758 g/mol. The lowest BCUT2D eigenvalue weighted by atomic mass is 9.79. The Balaban J connectivity index is 0.938. The van der Waals surface area contributed by atoms with Crippen molar-refractivity contribution in [3.63, 3.8) is 0 Å². The molecule has 1 spiro atoms. The maximum absolute atomic E-state index is 14.0. The molecule has 13 heteroatoms. The first-order valence-electron chi connectivity index (χ1n) is 20.8. The summed E-state index contributed by atoms with van der Waals surface area (Å²) >= 11 is 0. The highest BCUT2D eigenvalue weighted by atomic mass is 16.8. The average molecular weight is 759 g/mol. The van der Waals surface area contributed by atoms with Crippen LogP contribution in [0.4, 0.5) is 0 Å². The Morgan fingerprint density at radius 1 is 0.667 bits per heavy atom. The minimum Gasteiger partial charge on any atom is -0.459 e. The molecule has 11 fully saturated rings. The van der Waals surface area contributed by atoms with Gasteiger partial charge in [-0.15, -0.1) is 0 Å². The van der Waals surface area contributed by atoms with Crippen molar-refractivity contribution in [1.82, 2.24) is 0 Å². The Hall–Kier alpha value is -1.49. The van der Waals surface area contributed by atoms with E-state index < -0.39 is 54.6 Å². The highest BCUT2D eigenvalue weighted by Gasteiger charge is 2.69. The van der Waals surface area contributed by atoms with Crippen molar-refractivity contribution in [2.24, 2.45) is 11.8 Å². The van der Waals surface area contributed by atoms with E-state index in [0.717, 1.165) is 49.7 Å². The van der Waals surface area contributed by atoms with Gasteiger partial charge in [0.2, 0.25) is 0 Å². The molecule has 0 aromatic carbocycles. The van der Waals surface area contributed by atoms with Crippen molar-refractivity contribution in [2.45, 2.75) is 207 Å². The molecule has 0 aliphatic carbocycles. The van der Waals surface area contributed by atoms with Gasteiger partial charge in [0, 0.05) is 31.6 Å². The van der Waals surface area contributed by atoms with E-state index in [0.29, 0.717) is 32.1 Å². The number of rotatable bonds is 1. The zero-order valence-electron chi connectivity index (χ0n) is 31.5. The van der Waals surface area contributed by atoms with Gasteiger partial charge in [-0.3, -0.25) is 4.79 Å². The molecule has 11 saturated heterocycles. The van der Waals surface area contributed by atoms with Crippen LogP contribution in [0.25, 0.3) is 0 Å². The number of hydrogen-bond acceptors (Lipinski definition) is 13. The molecule has 300 valence electrons. The number of hydrogen-bond donors (Lipinski definition) is 2. The van der Waals surface area contributed by atoms with Crippen molar-refractivity contribution in [1.29, 1.82) is 0 Å². The first-order chi connectivity index (χ1) is 26.0. The first-order valence-corrected chi connectivity index (χ1v) is 20.8. The summed E-state index contributed by atoms with van der Waals surface area (Å²) in [4.78, 5) is 14.0. The lowest BCUT2D eigenvalue weighted by Gasteiger charge is -2.51. The minimum atomic E-state index is -0.863. The lowest BCUT2D eigenvalue weighted by molar-refractivity contribution is -0.293. The van der Waals surface area contributed by atoms with E-state index in [1.54, 1.807) is 0 Å². The molecule has 0 amide bonds. The van der Waals surface area contributed by atoms with Crippen molar-refractivity contribution in [3.8, 4) is 0 Å². The molecule has 13 nitrogen and oxygen atoms in total. The van der Waals surface area contributed by atoms with Crippen LogP contribution >= 0.6 is 0 Å². The molecular weight excluding hydrogens is 700 g/mol. The van der Waals surface area contributed by atoms with Crippen molar-refractivity contribution < 1.29 is 62.4 Å². The van der Waals surface area contributed by atoms with Crippen LogP contribution in [0.2, 0.25) is 0 Å². The summed E-state index contributed by atoms with van der Waals surface area (Å²) in [5.41, 5.74) is 2.13. The van der Waals surface area contributed by atoms with Gasteiger partial charge in [0.05, 0.1) is 80.2 Å². The molecule has 12 bridgehead atoms. The third kappa shape index (κ3) is 6.36. The third-order valence-electron chi connectivity index (χ3n) is 14.6. The highest BCUT2D eigenvalue weighted by Crippen LogP contribution is 2.54. The van der Waals surface area contributed by atoms with Crippen molar-refractivity contribution >= 4 is 5.97 Å². The van der Waals surface area contributed by atoms with Crippen LogP contribution in [-0.2, 0) is 52.2 Å². The number of carbonyl (C=O) groups is 1. The average Bonchev–Trinajstić information content (AvgIpc) is 3.73. The second-order valence-corrected chi connectivity index (χ2v) is 18.1. The number of aliphatic hydroxyl groups is 2. The van der Waals surface area contributed by atoms with Gasteiger partial charge < -0.3 is 57.6 Å². The quantitative estimate of drug-likeness (QED) is 0.298. The van der Waals surface area contributed by atoms with E-state index in [-0.39, 0.29) is 91.9 Å². The molecule has 11 rings (SSSR count). The zero-order chi connectivity index (χ0) is 37.0. The molecule has 4 unspecified atom stereocenters. The summed E-state index contributed by atoms with van der Waals surface area (Å²) in [5, 5.41) is 20.7. The standard InChI is InChI=1S/C41H58O13/c1-18-11-22-5-7-26-19(2)12-24(45-26)9-10-41-16-31-37(53-41)38-39(50-31)40(54-41)36-27(49-38)8-6-23(47-36)13-33(44)52-35-21(4)34-29(14-25(43)32(17-42)51-34)48-30(35)15-28(46-22)20(18)3/h18,21-32,34-40,42-43H,2-3,5-17H2,1,4H3/t18-,21+,22+,23-,24+,25-,26+,27+,28?,29+,30+,31?,32-,34+,35-,36+,37?,38+,39-,40?,41+/m1/s1. The second-order valence-electron chi connectivity index (χ2n) is 18.1. The van der Waals surface area contributed by atoms with Crippen LogP contribution in [0, 0.1) is 11.8 Å². The molecule has 11 aliphatic heterocycles. The maximum atomic E-state index is 14.0. The first kappa shape index (κ1) is 36.8. The van der Waals surface area contributed by atoms with Crippen molar-refractivity contribution in [3.05, 3.63) is 24.3 Å². The summed E-state index contributed by atoms with van der Waals surface area (Å²) in [6.45, 7) is 12.8. The molecule has 2 N–H and O–H groups in total. The maximum Gasteiger partial charge on any atom is 0.308 e. The minimum absolute atomic E-state index is 0.000828. The fraction of sp³-hybridized carbons (Fsp3) is 0.878. The lowest BCUT2D eigenvalue weighted by Crippen LogP contribution is -2.62. The summed E-state index contributed by atoms with van der Waals surface area (Å²) in [5.74, 6) is -1.22. The Morgan fingerprint density at radius 3 is 2.26 bits per heavy atom. The van der Waals surface area contributed by atoms with Gasteiger partial charge >= 0.3 is 5.97 Å². The molecule has 54 heavy (non-hydrogen) atoms. The third-order valence-corrected chi connectivity index (χ3v) is 14.6. The number of carbonyl (C=O) groups excluding carboxylic acids is 1. The molecule has 0 radical (unpaired) electrons. The molecular formula is C41H58O13. The van der Waals surface area contributed by atoms with Crippen LogP contribution in [0.15, 0.2) is 24.3 Å². The van der Waals surface area contributed by atoms with Crippen LogP contribution < -0.4 is 0 Å². The highest BCUT2D eigenvalue weighted by molar-refractivity contribution is 5.70. The van der Waals surface area contributed by atoms with Crippen molar-refractivity contribution in [2.75, 3.05) is 6.61 Å². The van der Waals surface area contributed by atoms with Crippen LogP contribution in [0.3, 0.4) is 0 Å². The van der Waals surface area contributed by atoms with E-state index in [1.165, 1.54) is 0 Å². The largest absolute Gasteiger partial charge is 0.459 e. The number of ether oxygens (including phenoxy) is 10. The molecule has 11 aliphatic rings. The van der Waals surface area contributed by atoms with Crippen LogP contribution in [-0.4, -0.2) is 138 Å². The van der Waals surface area contributed by atoms with E-state index in [4.69, 9.17) is 47.4 Å². The molecule has 0 aromatic heterocycles. The van der Waals surface area contributed by atoms with E-state index >= 15 is 0 Å². The van der Waals surface area contributed by atoms with Crippen LogP contribution in [0.1, 0.15) is 90.9 Å². The summed E-state index contributed by atoms with van der Waals surface area (Å²) in [6, 6.07) is 0. The summed E-state index contributed by atoms with van der Waals surface area (Å²) in [6.07, 6.45) is 1.52. The van der Waals surface area contributed by atoms with Gasteiger partial charge in [-0.05, 0) is 62.0 Å². The van der Waals surface area contributed by atoms with Gasteiger partial charge in [-0.25, -0.2) is 0 Å². The normalized spacial score (nSPS) is 55.7. The topological polar surface area (TPSA) is 150 Å². The molecule has 0 aromatic rings. The van der Waals surface area contributed by atoms with E-state index in [2.05, 4.69) is 20.1 Å². The number of fused-ring (bicyclic) bond motifs is 7. The Morgan fingerprint density at radius 2 is 1.41 bits per heavy atom. The van der Waals surface area contributed by atoms with Gasteiger partial charge in [0.1, 0.15) is 42.7 Å². The molecule has 0 saturated carbocycles. The number of aliphatic hydroxyl groups excluding tert-OH is 2. The van der Waals surface area contributed by atoms with Gasteiger partial charge in [0.25, 0.3) is 0 Å². The fourth-order valence-corrected chi connectivity index (χ4v) is 11.7.